The summed E-state index contributed by atoms with van der Waals surface area (Å²) >= 11 is 7.53. The number of nitrogens with zero attached hydrogens (tertiary/aromatic N) is 4. The number of aliphatic hydroxyl groups excluding tert-OH is 1. The number of thiazole rings is 1. The number of hydrogen-bond donors (Lipinski definition) is 4. The van der Waals surface area contributed by atoms with E-state index in [9.17, 15) is 23.9 Å². The molecule has 6 rings (SSSR count). The second kappa shape index (κ2) is 23.1. The molecule has 1 saturated heterocycles. The summed E-state index contributed by atoms with van der Waals surface area (Å²) in [6.45, 7) is 9.52. The van der Waals surface area contributed by atoms with Gasteiger partial charge in [0, 0.05) is 49.7 Å². The van der Waals surface area contributed by atoms with E-state index < -0.39 is 35.3 Å². The van der Waals surface area contributed by atoms with Gasteiger partial charge in [0.25, 0.3) is 0 Å². The lowest BCUT2D eigenvalue weighted by atomic mass is 9.85. The van der Waals surface area contributed by atoms with Crippen molar-refractivity contribution in [3.63, 3.8) is 0 Å². The Hall–Kier alpha value is -5.46. The monoisotopic (exact) mass is 933 g/mol. The average molecular weight is 935 g/mol. The molecule has 3 amide bonds. The van der Waals surface area contributed by atoms with Crippen molar-refractivity contribution in [3.8, 4) is 21.9 Å². The molecule has 4 N–H and O–H groups in total. The van der Waals surface area contributed by atoms with Gasteiger partial charge in [0.05, 0.1) is 66.3 Å². The fourth-order valence-corrected chi connectivity index (χ4v) is 8.30. The van der Waals surface area contributed by atoms with Crippen LogP contribution in [0.25, 0.3) is 21.3 Å². The van der Waals surface area contributed by atoms with Gasteiger partial charge in [-0.25, -0.2) is 19.3 Å². The summed E-state index contributed by atoms with van der Waals surface area (Å²) in [5.74, 6) is -0.0851. The number of nitrogens with one attached hydrogen (secondary N) is 3. The van der Waals surface area contributed by atoms with E-state index in [1.54, 1.807) is 30.6 Å². The van der Waals surface area contributed by atoms with Crippen LogP contribution in [0.15, 0.2) is 66.4 Å². The molecule has 65 heavy (non-hydrogen) atoms. The number of amides is 3. The minimum Gasteiger partial charge on any atom is -0.493 e. The van der Waals surface area contributed by atoms with E-state index in [-0.39, 0.29) is 49.4 Å². The number of halogens is 2. The number of unbranched alkanes of at least 4 members (excludes halogenated alkanes) is 2. The Morgan fingerprint density at radius 2 is 1.71 bits per heavy atom. The van der Waals surface area contributed by atoms with Crippen LogP contribution in [-0.4, -0.2) is 108 Å². The van der Waals surface area contributed by atoms with Crippen LogP contribution in [-0.2, 0) is 30.4 Å². The van der Waals surface area contributed by atoms with E-state index in [0.29, 0.717) is 60.3 Å². The predicted octanol–water partition coefficient (Wildman–Crippen LogP) is 7.39. The van der Waals surface area contributed by atoms with Crippen LogP contribution in [0.2, 0.25) is 5.02 Å². The zero-order valence-electron chi connectivity index (χ0n) is 37.3. The molecular weight excluding hydrogens is 877 g/mol. The van der Waals surface area contributed by atoms with Crippen LogP contribution >= 0.6 is 22.9 Å². The summed E-state index contributed by atoms with van der Waals surface area (Å²) in [4.78, 5) is 55.9. The van der Waals surface area contributed by atoms with Crippen LogP contribution < -0.4 is 25.4 Å². The van der Waals surface area contributed by atoms with Gasteiger partial charge in [-0.1, -0.05) is 56.6 Å². The fraction of sp³-hybridized carbons (Fsp3) is 0.447. The number of ether oxygens (including phenoxy) is 4. The molecule has 3 atom stereocenters. The van der Waals surface area contributed by atoms with Gasteiger partial charge in [0.1, 0.15) is 30.0 Å². The van der Waals surface area contributed by atoms with Crippen LogP contribution in [0, 0.1) is 18.2 Å². The summed E-state index contributed by atoms with van der Waals surface area (Å²) in [7, 11) is 1.56. The minimum absolute atomic E-state index is 0.00435. The number of aliphatic hydroxyl groups is 1. The Balaban J connectivity index is 0.864. The summed E-state index contributed by atoms with van der Waals surface area (Å²) in [5.41, 5.74) is 5.25. The molecule has 1 fully saturated rings. The number of β-amino-alcohol motifs (C(OH)–C–C–N with tert-alkyl or cyclic N) is 1. The van der Waals surface area contributed by atoms with Gasteiger partial charge in [-0.15, -0.1) is 11.3 Å². The Bertz CT molecular complexity index is 2400. The third-order valence-corrected chi connectivity index (χ3v) is 12.1. The Morgan fingerprint density at radius 3 is 2.42 bits per heavy atom. The molecule has 2 aromatic heterocycles. The number of fused-ring (bicyclic) bond motifs is 1. The molecule has 5 aromatic rings. The molecule has 1 aliphatic rings. The molecule has 348 valence electrons. The standard InChI is InChI=1S/C47H57ClFN7O8S/c1-29-42(65-28-53-29)31-11-9-30(10-12-31)25-50-45(59)38-22-33(57)26-56(38)46(60)43(47(2,3)4)55-41(58)15-18-63-20-19-62-16-7-6-8-17-64-40-23-34-37(24-39(40)61-5)51-27-52-44(34)54-32-13-14-36(49)35(48)21-32/h9-14,21,23-24,27-28,33,38,43,57H,6-8,15-20,22,25-26H2,1-5H3,(H,50,59)(H,55,58)(H,51,52,54)/t33-,38+,43?/m1/s1. The molecule has 3 aromatic carbocycles. The highest BCUT2D eigenvalue weighted by molar-refractivity contribution is 7.13. The molecule has 0 bridgehead atoms. The summed E-state index contributed by atoms with van der Waals surface area (Å²) in [6.07, 6.45) is 3.14. The number of benzene rings is 3. The van der Waals surface area contributed by atoms with Crippen molar-refractivity contribution in [2.45, 2.75) is 84.5 Å². The predicted molar refractivity (Wildman–Crippen MR) is 248 cm³/mol. The maximum Gasteiger partial charge on any atom is 0.246 e. The maximum absolute atomic E-state index is 14.0. The third kappa shape index (κ3) is 13.5. The lowest BCUT2D eigenvalue weighted by Crippen LogP contribution is -2.57. The quantitative estimate of drug-likeness (QED) is 0.0506. The number of carbonyl (C=O) groups excluding carboxylic acids is 3. The van der Waals surface area contributed by atoms with Gasteiger partial charge >= 0.3 is 0 Å². The Labute approximate surface area is 387 Å². The number of rotatable bonds is 22. The zero-order chi connectivity index (χ0) is 46.5. The van der Waals surface area contributed by atoms with Crippen LogP contribution in [0.4, 0.5) is 15.9 Å². The first kappa shape index (κ1) is 49.0. The lowest BCUT2D eigenvalue weighted by molar-refractivity contribution is -0.144. The number of methoxy groups -OCH3 is 1. The molecule has 3 heterocycles. The number of aryl methyl sites for hydroxylation is 1. The normalized spacial score (nSPS) is 15.5. The van der Waals surface area contributed by atoms with Gasteiger partial charge in [0.2, 0.25) is 17.7 Å². The van der Waals surface area contributed by atoms with Crippen LogP contribution in [0.3, 0.4) is 0 Å². The maximum atomic E-state index is 14.0. The van der Waals surface area contributed by atoms with Crippen molar-refractivity contribution in [1.82, 2.24) is 30.5 Å². The second-order valence-electron chi connectivity index (χ2n) is 16.8. The van der Waals surface area contributed by atoms with E-state index in [4.69, 9.17) is 30.5 Å². The van der Waals surface area contributed by atoms with Gasteiger partial charge in [-0.05, 0) is 67.0 Å². The lowest BCUT2D eigenvalue weighted by Gasteiger charge is -2.35. The van der Waals surface area contributed by atoms with Gasteiger partial charge in [0.15, 0.2) is 11.5 Å². The number of carbonyl (C=O) groups is 3. The van der Waals surface area contributed by atoms with E-state index in [2.05, 4.69) is 30.9 Å². The highest BCUT2D eigenvalue weighted by atomic mass is 35.5. The Morgan fingerprint density at radius 1 is 0.954 bits per heavy atom. The number of hydrogen-bond acceptors (Lipinski definition) is 13. The van der Waals surface area contributed by atoms with Gasteiger partial charge in [-0.2, -0.15) is 0 Å². The Kier molecular flexibility index (Phi) is 17.4. The average Bonchev–Trinajstić information content (AvgIpc) is 3.90. The van der Waals surface area contributed by atoms with E-state index >= 15 is 0 Å². The minimum atomic E-state index is -0.930. The SMILES string of the molecule is COc1cc2ncnc(Nc3ccc(F)c(Cl)c3)c2cc1OCCCCCOCCOCCC(=O)NC(C(=O)N1C[C@H](O)C[C@H]1C(=O)NCc1ccc(-c2scnc2C)cc1)C(C)(C)C. The number of anilines is 2. The zero-order valence-corrected chi connectivity index (χ0v) is 38.9. The van der Waals surface area contributed by atoms with Crippen molar-refractivity contribution in [2.75, 3.05) is 52.0 Å². The fourth-order valence-electron chi connectivity index (χ4n) is 7.31. The molecular formula is C47H57ClFN7O8S. The van der Waals surface area contributed by atoms with Crippen molar-refractivity contribution in [2.24, 2.45) is 5.41 Å². The molecule has 15 nitrogen and oxygen atoms in total. The largest absolute Gasteiger partial charge is 0.493 e. The van der Waals surface area contributed by atoms with Crippen molar-refractivity contribution in [1.29, 1.82) is 0 Å². The molecule has 0 saturated carbocycles. The van der Waals surface area contributed by atoms with E-state index in [0.717, 1.165) is 41.0 Å². The topological polar surface area (TPSA) is 186 Å². The van der Waals surface area contributed by atoms with Crippen molar-refractivity contribution in [3.05, 3.63) is 88.5 Å². The van der Waals surface area contributed by atoms with Crippen molar-refractivity contribution < 1.29 is 42.8 Å². The second-order valence-corrected chi connectivity index (χ2v) is 18.1. The van der Waals surface area contributed by atoms with Crippen LogP contribution in [0.5, 0.6) is 11.5 Å². The first-order chi connectivity index (χ1) is 31.2. The number of aromatic nitrogens is 3. The molecule has 1 aliphatic heterocycles. The van der Waals surface area contributed by atoms with E-state index in [1.165, 1.54) is 23.4 Å². The third-order valence-electron chi connectivity index (χ3n) is 10.9. The van der Waals surface area contributed by atoms with Gasteiger partial charge < -0.3 is 44.9 Å². The van der Waals surface area contributed by atoms with E-state index in [1.807, 2.05) is 63.5 Å². The van der Waals surface area contributed by atoms with Crippen molar-refractivity contribution >= 4 is 63.1 Å². The summed E-state index contributed by atoms with van der Waals surface area (Å²) < 4.78 is 36.7. The smallest absolute Gasteiger partial charge is 0.246 e. The molecule has 18 heteroatoms. The van der Waals surface area contributed by atoms with Crippen LogP contribution in [0.1, 0.15) is 64.1 Å². The molecule has 0 aliphatic carbocycles. The first-order valence-corrected chi connectivity index (χ1v) is 22.9. The highest BCUT2D eigenvalue weighted by Gasteiger charge is 2.44. The van der Waals surface area contributed by atoms with Gasteiger partial charge in [-0.3, -0.25) is 14.4 Å². The summed E-state index contributed by atoms with van der Waals surface area (Å²) in [5, 5.41) is 20.2. The molecule has 0 radical (unpaired) electrons. The highest BCUT2D eigenvalue weighted by Crippen LogP contribution is 2.35. The first-order valence-electron chi connectivity index (χ1n) is 21.6. The number of likely N-dealkylation sites (tertiary alicyclic amines) is 1. The molecule has 0 spiro atoms. The summed E-state index contributed by atoms with van der Waals surface area (Å²) in [6, 6.07) is 14.0. The molecule has 1 unspecified atom stereocenters.